The van der Waals surface area contributed by atoms with Gasteiger partial charge < -0.3 is 10.5 Å². The molecule has 0 aliphatic carbocycles. The fourth-order valence-corrected chi connectivity index (χ4v) is 2.72. The van der Waals surface area contributed by atoms with Crippen LogP contribution >= 0.6 is 0 Å². The number of morpholine rings is 1. The maximum atomic E-state index is 6.47. The third-order valence-corrected chi connectivity index (χ3v) is 4.20. The van der Waals surface area contributed by atoms with Gasteiger partial charge in [-0.25, -0.2) is 0 Å². The maximum Gasteiger partial charge on any atom is 0.0594 e. The summed E-state index contributed by atoms with van der Waals surface area (Å²) in [7, 11) is 0. The zero-order valence-corrected chi connectivity index (χ0v) is 11.3. The highest BCUT2D eigenvalue weighted by molar-refractivity contribution is 4.95. The minimum Gasteiger partial charge on any atom is -0.379 e. The Kier molecular flexibility index (Phi) is 5.22. The van der Waals surface area contributed by atoms with Crippen molar-refractivity contribution in [3.8, 4) is 0 Å². The van der Waals surface area contributed by atoms with Crippen LogP contribution in [0.4, 0.5) is 0 Å². The van der Waals surface area contributed by atoms with Crippen LogP contribution in [0.2, 0.25) is 0 Å². The Morgan fingerprint density at radius 3 is 2.12 bits per heavy atom. The molecule has 0 aromatic rings. The topological polar surface area (TPSA) is 38.5 Å². The first-order valence-electron chi connectivity index (χ1n) is 6.62. The first-order chi connectivity index (χ1) is 7.54. The normalized spacial score (nSPS) is 21.4. The van der Waals surface area contributed by atoms with Gasteiger partial charge in [0.05, 0.1) is 13.2 Å². The average molecular weight is 228 g/mol. The number of ether oxygens (including phenoxy) is 1. The van der Waals surface area contributed by atoms with E-state index in [0.717, 1.165) is 26.3 Å². The third kappa shape index (κ3) is 2.96. The monoisotopic (exact) mass is 228 g/mol. The molecule has 0 amide bonds. The standard InChI is InChI=1S/C13H28N2O/c1-5-11(6-2)12(14)13(3,4)15-7-9-16-10-8-15/h11-12H,5-10,14H2,1-4H3. The van der Waals surface area contributed by atoms with Crippen LogP contribution < -0.4 is 5.73 Å². The molecule has 1 fully saturated rings. The van der Waals surface area contributed by atoms with Crippen molar-refractivity contribution in [1.29, 1.82) is 0 Å². The SMILES string of the molecule is CCC(CC)C(N)C(C)(C)N1CCOCC1. The van der Waals surface area contributed by atoms with Gasteiger partial charge in [0, 0.05) is 24.7 Å². The molecule has 1 aliphatic rings. The van der Waals surface area contributed by atoms with Crippen LogP contribution in [0, 0.1) is 5.92 Å². The summed E-state index contributed by atoms with van der Waals surface area (Å²) in [5, 5.41) is 0. The summed E-state index contributed by atoms with van der Waals surface area (Å²) in [6, 6.07) is 0.251. The lowest BCUT2D eigenvalue weighted by atomic mass is 9.81. The predicted octanol–water partition coefficient (Wildman–Crippen LogP) is 1.86. The summed E-state index contributed by atoms with van der Waals surface area (Å²) in [4.78, 5) is 2.49. The van der Waals surface area contributed by atoms with Gasteiger partial charge in [-0.1, -0.05) is 26.7 Å². The summed E-state index contributed by atoms with van der Waals surface area (Å²) < 4.78 is 5.41. The minimum atomic E-state index is 0.0838. The van der Waals surface area contributed by atoms with Gasteiger partial charge in [0.1, 0.15) is 0 Å². The fraction of sp³-hybridized carbons (Fsp3) is 1.00. The summed E-state index contributed by atoms with van der Waals surface area (Å²) in [5.41, 5.74) is 6.55. The Morgan fingerprint density at radius 1 is 1.19 bits per heavy atom. The molecule has 1 rings (SSSR count). The van der Waals surface area contributed by atoms with E-state index < -0.39 is 0 Å². The summed E-state index contributed by atoms with van der Waals surface area (Å²) in [6.45, 7) is 12.8. The molecule has 96 valence electrons. The van der Waals surface area contributed by atoms with Gasteiger partial charge in [-0.3, -0.25) is 4.90 Å². The molecular formula is C13H28N2O. The van der Waals surface area contributed by atoms with Gasteiger partial charge >= 0.3 is 0 Å². The number of nitrogens with zero attached hydrogens (tertiary/aromatic N) is 1. The van der Waals surface area contributed by atoms with E-state index in [-0.39, 0.29) is 11.6 Å². The van der Waals surface area contributed by atoms with Crippen LogP contribution in [-0.2, 0) is 4.74 Å². The first kappa shape index (κ1) is 13.9. The summed E-state index contributed by atoms with van der Waals surface area (Å²) >= 11 is 0. The van der Waals surface area contributed by atoms with Crippen molar-refractivity contribution in [2.75, 3.05) is 26.3 Å². The van der Waals surface area contributed by atoms with Crippen molar-refractivity contribution >= 4 is 0 Å². The smallest absolute Gasteiger partial charge is 0.0594 e. The predicted molar refractivity (Wildman–Crippen MR) is 68.5 cm³/mol. The Labute approximate surface area is 100 Å². The fourth-order valence-electron chi connectivity index (χ4n) is 2.72. The summed E-state index contributed by atoms with van der Waals surface area (Å²) in [5.74, 6) is 0.623. The largest absolute Gasteiger partial charge is 0.379 e. The Balaban J connectivity index is 2.65. The van der Waals surface area contributed by atoms with Crippen molar-refractivity contribution in [2.24, 2.45) is 11.7 Å². The van der Waals surface area contributed by atoms with E-state index in [2.05, 4.69) is 32.6 Å². The van der Waals surface area contributed by atoms with Crippen LogP contribution in [0.15, 0.2) is 0 Å². The van der Waals surface area contributed by atoms with Crippen LogP contribution in [0.25, 0.3) is 0 Å². The molecule has 1 heterocycles. The molecule has 3 heteroatoms. The van der Waals surface area contributed by atoms with E-state index in [4.69, 9.17) is 10.5 Å². The highest BCUT2D eigenvalue weighted by Gasteiger charge is 2.36. The zero-order chi connectivity index (χ0) is 12.2. The lowest BCUT2D eigenvalue weighted by Crippen LogP contribution is -2.61. The van der Waals surface area contributed by atoms with Crippen molar-refractivity contribution in [2.45, 2.75) is 52.1 Å². The van der Waals surface area contributed by atoms with Gasteiger partial charge in [0.25, 0.3) is 0 Å². The lowest BCUT2D eigenvalue weighted by Gasteiger charge is -2.46. The highest BCUT2D eigenvalue weighted by atomic mass is 16.5. The third-order valence-electron chi connectivity index (χ3n) is 4.20. The van der Waals surface area contributed by atoms with Crippen LogP contribution in [-0.4, -0.2) is 42.8 Å². The molecule has 0 saturated carbocycles. The molecule has 0 aromatic carbocycles. The van der Waals surface area contributed by atoms with Gasteiger partial charge in [0.15, 0.2) is 0 Å². The number of hydrogen-bond donors (Lipinski definition) is 1. The molecule has 1 atom stereocenters. The molecule has 2 N–H and O–H groups in total. The molecule has 1 saturated heterocycles. The summed E-state index contributed by atoms with van der Waals surface area (Å²) in [6.07, 6.45) is 2.34. The maximum absolute atomic E-state index is 6.47. The van der Waals surface area contributed by atoms with E-state index >= 15 is 0 Å². The van der Waals surface area contributed by atoms with Crippen LogP contribution in [0.3, 0.4) is 0 Å². The second kappa shape index (κ2) is 5.99. The van der Waals surface area contributed by atoms with E-state index in [9.17, 15) is 0 Å². The van der Waals surface area contributed by atoms with Gasteiger partial charge in [0.2, 0.25) is 0 Å². The van der Waals surface area contributed by atoms with Gasteiger partial charge in [-0.05, 0) is 19.8 Å². The second-order valence-corrected chi connectivity index (χ2v) is 5.36. The van der Waals surface area contributed by atoms with Crippen LogP contribution in [0.5, 0.6) is 0 Å². The van der Waals surface area contributed by atoms with Crippen molar-refractivity contribution in [1.82, 2.24) is 4.90 Å². The molecule has 16 heavy (non-hydrogen) atoms. The number of hydrogen-bond acceptors (Lipinski definition) is 3. The quantitative estimate of drug-likeness (QED) is 0.780. The Morgan fingerprint density at radius 2 is 1.69 bits per heavy atom. The van der Waals surface area contributed by atoms with Crippen molar-refractivity contribution < 1.29 is 4.74 Å². The van der Waals surface area contributed by atoms with Crippen molar-refractivity contribution in [3.05, 3.63) is 0 Å². The molecule has 0 aromatic heterocycles. The molecule has 0 bridgehead atoms. The molecule has 0 radical (unpaired) electrons. The zero-order valence-electron chi connectivity index (χ0n) is 11.3. The van der Waals surface area contributed by atoms with Gasteiger partial charge in [-0.2, -0.15) is 0 Å². The molecule has 3 nitrogen and oxygen atoms in total. The molecular weight excluding hydrogens is 200 g/mol. The average Bonchev–Trinajstić information content (AvgIpc) is 2.31. The van der Waals surface area contributed by atoms with E-state index in [1.165, 1.54) is 12.8 Å². The lowest BCUT2D eigenvalue weighted by molar-refractivity contribution is -0.0262. The minimum absolute atomic E-state index is 0.0838. The first-order valence-corrected chi connectivity index (χ1v) is 6.62. The Hall–Kier alpha value is -0.120. The Bertz CT molecular complexity index is 196. The van der Waals surface area contributed by atoms with E-state index in [1.54, 1.807) is 0 Å². The van der Waals surface area contributed by atoms with Crippen molar-refractivity contribution in [3.63, 3.8) is 0 Å². The highest BCUT2D eigenvalue weighted by Crippen LogP contribution is 2.27. The second-order valence-electron chi connectivity index (χ2n) is 5.36. The molecule has 1 aliphatic heterocycles. The van der Waals surface area contributed by atoms with Gasteiger partial charge in [-0.15, -0.1) is 0 Å². The van der Waals surface area contributed by atoms with Crippen LogP contribution in [0.1, 0.15) is 40.5 Å². The number of rotatable bonds is 5. The van der Waals surface area contributed by atoms with E-state index in [1.807, 2.05) is 0 Å². The van der Waals surface area contributed by atoms with E-state index in [0.29, 0.717) is 5.92 Å². The molecule has 0 spiro atoms. The number of nitrogens with two attached hydrogens (primary N) is 1. The molecule has 1 unspecified atom stereocenters.